The molecule has 0 bridgehead atoms. The predicted octanol–water partition coefficient (Wildman–Crippen LogP) is 2.24. The van der Waals surface area contributed by atoms with Crippen molar-refractivity contribution in [3.05, 3.63) is 36.7 Å². The molecular weight excluding hydrogens is 178 g/mol. The lowest BCUT2D eigenvalue weighted by atomic mass is 10.4. The molecule has 0 aliphatic rings. The maximum atomic E-state index is 11.4. The van der Waals surface area contributed by atoms with E-state index in [0.29, 0.717) is 12.3 Å². The first kappa shape index (κ1) is 10.6. The van der Waals surface area contributed by atoms with Gasteiger partial charge in [0.1, 0.15) is 5.69 Å². The van der Waals surface area contributed by atoms with Crippen LogP contribution < -0.4 is 0 Å². The van der Waals surface area contributed by atoms with Crippen molar-refractivity contribution < 1.29 is 9.53 Å². The fraction of sp³-hybridized carbons (Fsp3) is 0.364. The molecule has 0 spiro atoms. The number of hydrogen-bond donors (Lipinski definition) is 0. The minimum atomic E-state index is -0.262. The molecule has 0 fully saturated rings. The van der Waals surface area contributed by atoms with Crippen LogP contribution in [0.25, 0.3) is 0 Å². The maximum Gasteiger partial charge on any atom is 0.354 e. The summed E-state index contributed by atoms with van der Waals surface area (Å²) in [5.41, 5.74) is 0.605. The van der Waals surface area contributed by atoms with Gasteiger partial charge in [-0.05, 0) is 25.5 Å². The Bertz CT molecular complexity index is 315. The quantitative estimate of drug-likeness (QED) is 0.530. The first-order chi connectivity index (χ1) is 6.79. The molecule has 0 unspecified atom stereocenters. The summed E-state index contributed by atoms with van der Waals surface area (Å²) >= 11 is 0. The summed E-state index contributed by atoms with van der Waals surface area (Å²) in [6.07, 6.45) is 4.55. The first-order valence-electron chi connectivity index (χ1n) is 4.72. The highest BCUT2D eigenvalue weighted by Gasteiger charge is 2.10. The molecule has 0 amide bonds. The summed E-state index contributed by atoms with van der Waals surface area (Å²) in [6, 6.07) is 3.61. The zero-order valence-corrected chi connectivity index (χ0v) is 8.40. The van der Waals surface area contributed by atoms with Crippen LogP contribution in [0.2, 0.25) is 0 Å². The normalized spacial score (nSPS) is 9.79. The lowest BCUT2D eigenvalue weighted by molar-refractivity contribution is 0.0514. The average molecular weight is 193 g/mol. The van der Waals surface area contributed by atoms with Gasteiger partial charge in [0.25, 0.3) is 0 Å². The maximum absolute atomic E-state index is 11.4. The molecule has 0 atom stereocenters. The fourth-order valence-electron chi connectivity index (χ4n) is 1.23. The van der Waals surface area contributed by atoms with Gasteiger partial charge in [-0.15, -0.1) is 6.58 Å². The van der Waals surface area contributed by atoms with E-state index in [-0.39, 0.29) is 5.97 Å². The number of aryl methyl sites for hydroxylation is 1. The van der Waals surface area contributed by atoms with Gasteiger partial charge in [0.2, 0.25) is 0 Å². The van der Waals surface area contributed by atoms with Crippen molar-refractivity contribution >= 4 is 5.97 Å². The number of ether oxygens (including phenoxy) is 1. The van der Waals surface area contributed by atoms with E-state index in [4.69, 9.17) is 4.74 Å². The van der Waals surface area contributed by atoms with Gasteiger partial charge >= 0.3 is 5.97 Å². The number of allylic oxidation sites excluding steroid dienone is 1. The van der Waals surface area contributed by atoms with E-state index in [1.807, 2.05) is 22.9 Å². The number of esters is 1. The van der Waals surface area contributed by atoms with E-state index in [0.717, 1.165) is 13.0 Å². The smallest absolute Gasteiger partial charge is 0.354 e. The second kappa shape index (κ2) is 5.27. The van der Waals surface area contributed by atoms with Gasteiger partial charge in [-0.3, -0.25) is 0 Å². The number of aromatic nitrogens is 1. The summed E-state index contributed by atoms with van der Waals surface area (Å²) in [7, 11) is 0. The van der Waals surface area contributed by atoms with Crippen LogP contribution in [0, 0.1) is 0 Å². The van der Waals surface area contributed by atoms with Crippen molar-refractivity contribution in [2.45, 2.75) is 19.9 Å². The topological polar surface area (TPSA) is 31.2 Å². The molecule has 1 rings (SSSR count). The average Bonchev–Trinajstić information content (AvgIpc) is 2.63. The number of rotatable bonds is 5. The van der Waals surface area contributed by atoms with Gasteiger partial charge in [0.15, 0.2) is 0 Å². The largest absolute Gasteiger partial charge is 0.461 e. The van der Waals surface area contributed by atoms with Gasteiger partial charge in [-0.2, -0.15) is 0 Å². The van der Waals surface area contributed by atoms with Crippen LogP contribution in [0.15, 0.2) is 31.0 Å². The van der Waals surface area contributed by atoms with Crippen LogP contribution in [-0.2, 0) is 11.3 Å². The molecule has 0 saturated heterocycles. The third-order valence-electron chi connectivity index (χ3n) is 1.89. The van der Waals surface area contributed by atoms with Gasteiger partial charge in [-0.1, -0.05) is 6.08 Å². The van der Waals surface area contributed by atoms with Crippen LogP contribution in [0.1, 0.15) is 23.8 Å². The summed E-state index contributed by atoms with van der Waals surface area (Å²) in [5.74, 6) is -0.262. The molecule has 3 nitrogen and oxygen atoms in total. The van der Waals surface area contributed by atoms with Crippen molar-refractivity contribution in [1.82, 2.24) is 4.57 Å². The molecule has 0 N–H and O–H groups in total. The molecule has 0 aromatic carbocycles. The minimum Gasteiger partial charge on any atom is -0.461 e. The lowest BCUT2D eigenvalue weighted by Crippen LogP contribution is -2.11. The Labute approximate surface area is 84.0 Å². The molecule has 3 heteroatoms. The Hall–Kier alpha value is -1.51. The van der Waals surface area contributed by atoms with Gasteiger partial charge < -0.3 is 9.30 Å². The van der Waals surface area contributed by atoms with E-state index in [1.165, 1.54) is 0 Å². The van der Waals surface area contributed by atoms with Gasteiger partial charge in [-0.25, -0.2) is 4.79 Å². The number of hydrogen-bond acceptors (Lipinski definition) is 2. The molecule has 0 saturated carbocycles. The van der Waals surface area contributed by atoms with Crippen molar-refractivity contribution in [3.63, 3.8) is 0 Å². The Kier molecular flexibility index (Phi) is 3.98. The van der Waals surface area contributed by atoms with E-state index in [1.54, 1.807) is 13.0 Å². The highest BCUT2D eigenvalue weighted by molar-refractivity contribution is 5.87. The third kappa shape index (κ3) is 2.49. The van der Waals surface area contributed by atoms with E-state index in [2.05, 4.69) is 6.58 Å². The predicted molar refractivity (Wildman–Crippen MR) is 55.2 cm³/mol. The monoisotopic (exact) mass is 193 g/mol. The molecule has 0 radical (unpaired) electrons. The summed E-state index contributed by atoms with van der Waals surface area (Å²) in [6.45, 7) is 6.62. The van der Waals surface area contributed by atoms with E-state index < -0.39 is 0 Å². The molecule has 0 aliphatic heterocycles. The summed E-state index contributed by atoms with van der Waals surface area (Å²) in [4.78, 5) is 11.4. The van der Waals surface area contributed by atoms with Crippen molar-refractivity contribution in [3.8, 4) is 0 Å². The number of nitrogens with zero attached hydrogens (tertiary/aromatic N) is 1. The van der Waals surface area contributed by atoms with Crippen molar-refractivity contribution in [2.24, 2.45) is 0 Å². The molecule has 1 heterocycles. The van der Waals surface area contributed by atoms with Crippen LogP contribution in [0.5, 0.6) is 0 Å². The zero-order valence-electron chi connectivity index (χ0n) is 8.40. The minimum absolute atomic E-state index is 0.262. The van der Waals surface area contributed by atoms with Crippen LogP contribution in [0.4, 0.5) is 0 Å². The number of carbonyl (C=O) groups excluding carboxylic acids is 1. The Morgan fingerprint density at radius 3 is 3.14 bits per heavy atom. The Balaban J connectivity index is 2.70. The molecule has 76 valence electrons. The van der Waals surface area contributed by atoms with Crippen molar-refractivity contribution in [1.29, 1.82) is 0 Å². The second-order valence-electron chi connectivity index (χ2n) is 2.88. The molecule has 1 aromatic rings. The first-order valence-corrected chi connectivity index (χ1v) is 4.72. The Morgan fingerprint density at radius 1 is 1.71 bits per heavy atom. The van der Waals surface area contributed by atoms with Crippen LogP contribution >= 0.6 is 0 Å². The lowest BCUT2D eigenvalue weighted by Gasteiger charge is -2.06. The summed E-state index contributed by atoms with van der Waals surface area (Å²) < 4.78 is 6.80. The third-order valence-corrected chi connectivity index (χ3v) is 1.89. The Morgan fingerprint density at radius 2 is 2.50 bits per heavy atom. The zero-order chi connectivity index (χ0) is 10.4. The standard InChI is InChI=1S/C11H15NO2/c1-3-5-8-12-9-6-7-10(12)11(13)14-4-2/h3,6-7,9H,1,4-5,8H2,2H3. The highest BCUT2D eigenvalue weighted by atomic mass is 16.5. The fourth-order valence-corrected chi connectivity index (χ4v) is 1.23. The molecular formula is C11H15NO2. The SMILES string of the molecule is C=CCCn1cccc1C(=O)OCC. The number of carbonyl (C=O) groups is 1. The molecule has 0 aliphatic carbocycles. The second-order valence-corrected chi connectivity index (χ2v) is 2.88. The highest BCUT2D eigenvalue weighted by Crippen LogP contribution is 2.05. The summed E-state index contributed by atoms with van der Waals surface area (Å²) in [5, 5.41) is 0. The van der Waals surface area contributed by atoms with E-state index >= 15 is 0 Å². The molecule has 14 heavy (non-hydrogen) atoms. The van der Waals surface area contributed by atoms with E-state index in [9.17, 15) is 4.79 Å². The van der Waals surface area contributed by atoms with Gasteiger partial charge in [0, 0.05) is 12.7 Å². The van der Waals surface area contributed by atoms with Gasteiger partial charge in [0.05, 0.1) is 6.61 Å². The van der Waals surface area contributed by atoms with Crippen molar-refractivity contribution in [2.75, 3.05) is 6.61 Å². The molecule has 1 aromatic heterocycles. The van der Waals surface area contributed by atoms with Crippen LogP contribution in [0.3, 0.4) is 0 Å². The van der Waals surface area contributed by atoms with Crippen LogP contribution in [-0.4, -0.2) is 17.1 Å².